The van der Waals surface area contributed by atoms with E-state index in [0.29, 0.717) is 5.92 Å². The monoisotopic (exact) mass is 284 g/mol. The van der Waals surface area contributed by atoms with Crippen LogP contribution in [0.4, 0.5) is 5.69 Å². The number of aryl methyl sites for hydroxylation is 1. The average molecular weight is 284 g/mol. The Morgan fingerprint density at radius 1 is 1.38 bits per heavy atom. The quantitative estimate of drug-likeness (QED) is 0.887. The van der Waals surface area contributed by atoms with Gasteiger partial charge in [-0.15, -0.1) is 0 Å². The molecule has 1 unspecified atom stereocenters. The lowest BCUT2D eigenvalue weighted by Gasteiger charge is -2.09. The molecule has 110 valence electrons. The molecule has 1 aromatic carbocycles. The van der Waals surface area contributed by atoms with E-state index < -0.39 is 0 Å². The fourth-order valence-corrected chi connectivity index (χ4v) is 2.49. The molecule has 0 spiro atoms. The highest BCUT2D eigenvalue weighted by Crippen LogP contribution is 2.40. The molecule has 1 amide bonds. The average Bonchev–Trinajstić information content (AvgIpc) is 3.21. The Morgan fingerprint density at radius 2 is 2.14 bits per heavy atom. The maximum Gasteiger partial charge on any atom is 0.244 e. The number of benzene rings is 1. The number of nitrogens with one attached hydrogen (secondary N) is 1. The minimum atomic E-state index is -0.384. The lowest BCUT2D eigenvalue weighted by atomic mass is 10.1. The molecule has 0 bridgehead atoms. The summed E-state index contributed by atoms with van der Waals surface area (Å²) in [6.45, 7) is 2.22. The maximum atomic E-state index is 12.1. The summed E-state index contributed by atoms with van der Waals surface area (Å²) in [5.74, 6) is 0.342. The second kappa shape index (κ2) is 5.74. The minimum Gasteiger partial charge on any atom is -0.388 e. The standard InChI is InChI=1S/C17H20N2O2/c1-12-4-2-3-5-15(12)18-16(20)11-19-9-8-14(10-19)17(21)13-6-7-13/h2-5,8-10,13,17,21H,6-7,11H2,1H3,(H,18,20). The van der Waals surface area contributed by atoms with Crippen molar-refractivity contribution in [3.8, 4) is 0 Å². The van der Waals surface area contributed by atoms with E-state index in [4.69, 9.17) is 0 Å². The van der Waals surface area contributed by atoms with Crippen molar-refractivity contribution in [2.24, 2.45) is 5.92 Å². The third-order valence-electron chi connectivity index (χ3n) is 3.93. The van der Waals surface area contributed by atoms with Gasteiger partial charge in [0.05, 0.1) is 6.10 Å². The summed E-state index contributed by atoms with van der Waals surface area (Å²) in [7, 11) is 0. The fourth-order valence-electron chi connectivity index (χ4n) is 2.49. The van der Waals surface area contributed by atoms with Gasteiger partial charge < -0.3 is 15.0 Å². The number of carbonyl (C=O) groups is 1. The Hall–Kier alpha value is -2.07. The van der Waals surface area contributed by atoms with Gasteiger partial charge in [0.15, 0.2) is 0 Å². The zero-order chi connectivity index (χ0) is 14.8. The van der Waals surface area contributed by atoms with Crippen LogP contribution in [0.25, 0.3) is 0 Å². The first-order valence-electron chi connectivity index (χ1n) is 7.33. The second-order valence-corrected chi connectivity index (χ2v) is 5.76. The number of amides is 1. The summed E-state index contributed by atoms with van der Waals surface area (Å²) >= 11 is 0. The van der Waals surface area contributed by atoms with E-state index in [2.05, 4.69) is 5.32 Å². The molecule has 1 heterocycles. The molecule has 1 saturated carbocycles. The molecule has 0 aliphatic heterocycles. The van der Waals surface area contributed by atoms with Crippen molar-refractivity contribution < 1.29 is 9.90 Å². The van der Waals surface area contributed by atoms with Crippen molar-refractivity contribution in [1.82, 2.24) is 4.57 Å². The summed E-state index contributed by atoms with van der Waals surface area (Å²) < 4.78 is 1.81. The number of rotatable bonds is 5. The van der Waals surface area contributed by atoms with E-state index in [-0.39, 0.29) is 18.6 Å². The van der Waals surface area contributed by atoms with Crippen LogP contribution < -0.4 is 5.32 Å². The summed E-state index contributed by atoms with van der Waals surface area (Å²) in [4.78, 5) is 12.1. The summed E-state index contributed by atoms with van der Waals surface area (Å²) in [5.41, 5.74) is 2.79. The molecule has 0 saturated heterocycles. The zero-order valence-electron chi connectivity index (χ0n) is 12.1. The van der Waals surface area contributed by atoms with Crippen molar-refractivity contribution in [3.05, 3.63) is 53.9 Å². The topological polar surface area (TPSA) is 54.3 Å². The molecule has 1 aliphatic rings. The number of aliphatic hydroxyl groups is 1. The summed E-state index contributed by atoms with van der Waals surface area (Å²) in [5, 5.41) is 13.0. The van der Waals surface area contributed by atoms with Gasteiger partial charge in [0.2, 0.25) is 5.91 Å². The van der Waals surface area contributed by atoms with Crippen LogP contribution in [0.1, 0.15) is 30.1 Å². The molecule has 1 aromatic heterocycles. The molecule has 1 atom stereocenters. The Balaban J connectivity index is 1.61. The van der Waals surface area contributed by atoms with E-state index in [1.165, 1.54) is 0 Å². The number of para-hydroxylation sites is 1. The lowest BCUT2D eigenvalue weighted by molar-refractivity contribution is -0.116. The molecule has 4 nitrogen and oxygen atoms in total. The van der Waals surface area contributed by atoms with Gasteiger partial charge in [-0.3, -0.25) is 4.79 Å². The number of carbonyl (C=O) groups excluding carboxylic acids is 1. The van der Waals surface area contributed by atoms with Crippen LogP contribution in [-0.2, 0) is 11.3 Å². The summed E-state index contributed by atoms with van der Waals surface area (Å²) in [6.07, 6.45) is 5.52. The van der Waals surface area contributed by atoms with Crippen molar-refractivity contribution in [2.75, 3.05) is 5.32 Å². The first-order valence-corrected chi connectivity index (χ1v) is 7.33. The Kier molecular flexibility index (Phi) is 3.80. The Morgan fingerprint density at radius 3 is 2.86 bits per heavy atom. The number of hydrogen-bond acceptors (Lipinski definition) is 2. The molecular formula is C17H20N2O2. The van der Waals surface area contributed by atoms with Gasteiger partial charge in [0.25, 0.3) is 0 Å². The van der Waals surface area contributed by atoms with Crippen molar-refractivity contribution >= 4 is 11.6 Å². The van der Waals surface area contributed by atoms with Gasteiger partial charge >= 0.3 is 0 Å². The smallest absolute Gasteiger partial charge is 0.244 e. The highest BCUT2D eigenvalue weighted by Gasteiger charge is 2.31. The van der Waals surface area contributed by atoms with E-state index in [0.717, 1.165) is 29.7 Å². The lowest BCUT2D eigenvalue weighted by Crippen LogP contribution is -2.18. The normalized spacial score (nSPS) is 15.7. The molecule has 1 aliphatic carbocycles. The third-order valence-corrected chi connectivity index (χ3v) is 3.93. The van der Waals surface area contributed by atoms with E-state index in [9.17, 15) is 9.90 Å². The SMILES string of the molecule is Cc1ccccc1NC(=O)Cn1ccc(C(O)C2CC2)c1. The molecule has 4 heteroatoms. The van der Waals surface area contributed by atoms with E-state index >= 15 is 0 Å². The zero-order valence-corrected chi connectivity index (χ0v) is 12.1. The molecular weight excluding hydrogens is 264 g/mol. The van der Waals surface area contributed by atoms with Gasteiger partial charge in [-0.1, -0.05) is 18.2 Å². The van der Waals surface area contributed by atoms with Crippen LogP contribution in [0, 0.1) is 12.8 Å². The predicted molar refractivity (Wildman–Crippen MR) is 81.9 cm³/mol. The van der Waals surface area contributed by atoms with Crippen LogP contribution in [0.5, 0.6) is 0 Å². The molecule has 2 aromatic rings. The van der Waals surface area contributed by atoms with Crippen molar-refractivity contribution in [3.63, 3.8) is 0 Å². The van der Waals surface area contributed by atoms with Crippen LogP contribution >= 0.6 is 0 Å². The highest BCUT2D eigenvalue weighted by molar-refractivity contribution is 5.91. The van der Waals surface area contributed by atoms with Gasteiger partial charge in [0.1, 0.15) is 6.54 Å². The molecule has 1 fully saturated rings. The summed E-state index contributed by atoms with van der Waals surface area (Å²) in [6, 6.07) is 9.61. The van der Waals surface area contributed by atoms with Crippen molar-refractivity contribution in [2.45, 2.75) is 32.4 Å². The second-order valence-electron chi connectivity index (χ2n) is 5.76. The third kappa shape index (κ3) is 3.34. The van der Waals surface area contributed by atoms with E-state index in [1.54, 1.807) is 0 Å². The van der Waals surface area contributed by atoms with Crippen LogP contribution in [0.2, 0.25) is 0 Å². The Labute approximate surface area is 124 Å². The predicted octanol–water partition coefficient (Wildman–Crippen LogP) is 2.88. The minimum absolute atomic E-state index is 0.0626. The largest absolute Gasteiger partial charge is 0.388 e. The fraction of sp³-hybridized carbons (Fsp3) is 0.353. The molecule has 0 radical (unpaired) electrons. The van der Waals surface area contributed by atoms with Gasteiger partial charge in [-0.2, -0.15) is 0 Å². The highest BCUT2D eigenvalue weighted by atomic mass is 16.3. The van der Waals surface area contributed by atoms with Crippen LogP contribution in [-0.4, -0.2) is 15.6 Å². The molecule has 3 rings (SSSR count). The number of anilines is 1. The van der Waals surface area contributed by atoms with Crippen LogP contribution in [0.3, 0.4) is 0 Å². The molecule has 21 heavy (non-hydrogen) atoms. The number of aliphatic hydroxyl groups excluding tert-OH is 1. The van der Waals surface area contributed by atoms with Crippen molar-refractivity contribution in [1.29, 1.82) is 0 Å². The Bertz CT molecular complexity index is 644. The van der Waals surface area contributed by atoms with Gasteiger partial charge in [-0.05, 0) is 48.9 Å². The number of nitrogens with zero attached hydrogens (tertiary/aromatic N) is 1. The van der Waals surface area contributed by atoms with E-state index in [1.807, 2.05) is 54.2 Å². The molecule has 2 N–H and O–H groups in total. The van der Waals surface area contributed by atoms with Gasteiger partial charge in [-0.25, -0.2) is 0 Å². The van der Waals surface area contributed by atoms with Crippen LogP contribution in [0.15, 0.2) is 42.7 Å². The first kappa shape index (κ1) is 13.9. The maximum absolute atomic E-state index is 12.1. The van der Waals surface area contributed by atoms with Gasteiger partial charge in [0, 0.05) is 18.1 Å². The number of aromatic nitrogens is 1. The number of hydrogen-bond donors (Lipinski definition) is 2. The first-order chi connectivity index (χ1) is 10.1.